The molecule has 0 spiro atoms. The molecular weight excluding hydrogens is 443 g/mol. The average molecular weight is 480 g/mol. The van der Waals surface area contributed by atoms with Crippen LogP contribution in [-0.2, 0) is 0 Å². The van der Waals surface area contributed by atoms with Gasteiger partial charge in [0.2, 0.25) is 0 Å². The zero-order chi connectivity index (χ0) is 18.7. The number of nitrogens with one attached hydrogen (secondary N) is 2. The van der Waals surface area contributed by atoms with Crippen molar-refractivity contribution in [3.05, 3.63) is 24.2 Å². The summed E-state index contributed by atoms with van der Waals surface area (Å²) >= 11 is 0. The van der Waals surface area contributed by atoms with Crippen LogP contribution in [-0.4, -0.2) is 56.3 Å². The lowest BCUT2D eigenvalue weighted by molar-refractivity contribution is 0.175. The second-order valence-corrected chi connectivity index (χ2v) is 6.75. The first-order chi connectivity index (χ1) is 12.0. The second kappa shape index (κ2) is 13.4. The van der Waals surface area contributed by atoms with E-state index in [9.17, 15) is 5.11 Å². The smallest absolute Gasteiger partial charge is 0.191 e. The van der Waals surface area contributed by atoms with Gasteiger partial charge in [-0.25, -0.2) is 0 Å². The number of guanidine groups is 1. The maximum atomic E-state index is 9.38. The Kier molecular flexibility index (Phi) is 13.0. The van der Waals surface area contributed by atoms with Crippen LogP contribution >= 0.6 is 24.0 Å². The third-order valence-corrected chi connectivity index (χ3v) is 5.02. The van der Waals surface area contributed by atoms with Crippen molar-refractivity contribution in [1.82, 2.24) is 15.5 Å². The van der Waals surface area contributed by atoms with Gasteiger partial charge in [0.1, 0.15) is 5.76 Å². The van der Waals surface area contributed by atoms with Crippen LogP contribution in [0.2, 0.25) is 0 Å². The number of likely N-dealkylation sites (N-methyl/N-ethyl adjacent to an activating group) is 1. The number of aliphatic hydroxyl groups is 1. The van der Waals surface area contributed by atoms with E-state index in [-0.39, 0.29) is 42.0 Å². The quantitative estimate of drug-likeness (QED) is 0.258. The van der Waals surface area contributed by atoms with Crippen LogP contribution in [0.4, 0.5) is 0 Å². The van der Waals surface area contributed by atoms with Gasteiger partial charge in [-0.2, -0.15) is 0 Å². The van der Waals surface area contributed by atoms with Gasteiger partial charge < -0.3 is 20.2 Å². The molecule has 152 valence electrons. The first-order valence-electron chi connectivity index (χ1n) is 9.34. The molecule has 0 saturated heterocycles. The Labute approximate surface area is 175 Å². The molecule has 0 aliphatic rings. The minimum absolute atomic E-state index is 0. The molecule has 0 fully saturated rings. The highest BCUT2D eigenvalue weighted by molar-refractivity contribution is 14.0. The maximum absolute atomic E-state index is 9.38. The van der Waals surface area contributed by atoms with Crippen molar-refractivity contribution in [1.29, 1.82) is 0 Å². The van der Waals surface area contributed by atoms with Gasteiger partial charge in [-0.15, -0.1) is 24.0 Å². The molecule has 1 rings (SSSR count). The number of aliphatic imine (C=N–C) groups is 1. The third-order valence-electron chi connectivity index (χ3n) is 5.02. The Bertz CT molecular complexity index is 488. The first kappa shape index (κ1) is 25.2. The Morgan fingerprint density at radius 1 is 1.27 bits per heavy atom. The summed E-state index contributed by atoms with van der Waals surface area (Å²) in [5.41, 5.74) is 0.0685. The minimum atomic E-state index is 0. The van der Waals surface area contributed by atoms with Crippen LogP contribution in [0, 0.1) is 5.41 Å². The summed E-state index contributed by atoms with van der Waals surface area (Å²) in [6.07, 6.45) is 4.52. The van der Waals surface area contributed by atoms with Gasteiger partial charge in [-0.1, -0.05) is 13.8 Å². The number of aliphatic hydroxyl groups excluding tert-OH is 1. The van der Waals surface area contributed by atoms with Crippen molar-refractivity contribution in [2.24, 2.45) is 10.4 Å². The van der Waals surface area contributed by atoms with Crippen molar-refractivity contribution >= 4 is 29.9 Å². The molecular formula is C19H37IN4O2. The fraction of sp³-hybridized carbons (Fsp3) is 0.737. The Hall–Kier alpha value is -0.800. The Morgan fingerprint density at radius 2 is 1.96 bits per heavy atom. The molecule has 0 aliphatic carbocycles. The SMILES string of the molecule is CCNC(=NCC(CC)(CC)CCO)NCC(c1ccco1)N(C)C.I. The van der Waals surface area contributed by atoms with Gasteiger partial charge in [0.25, 0.3) is 0 Å². The van der Waals surface area contributed by atoms with Crippen LogP contribution in [0.25, 0.3) is 0 Å². The highest BCUT2D eigenvalue weighted by Gasteiger charge is 2.25. The molecule has 26 heavy (non-hydrogen) atoms. The largest absolute Gasteiger partial charge is 0.468 e. The molecule has 0 aliphatic heterocycles. The first-order valence-corrected chi connectivity index (χ1v) is 9.34. The van der Waals surface area contributed by atoms with Gasteiger partial charge in [0, 0.05) is 26.2 Å². The molecule has 1 atom stereocenters. The predicted octanol–water partition coefficient (Wildman–Crippen LogP) is 3.24. The van der Waals surface area contributed by atoms with Gasteiger partial charge in [0.05, 0.1) is 12.3 Å². The van der Waals surface area contributed by atoms with Crippen LogP contribution in [0.15, 0.2) is 27.8 Å². The summed E-state index contributed by atoms with van der Waals surface area (Å²) in [6.45, 7) is 8.85. The predicted molar refractivity (Wildman–Crippen MR) is 119 cm³/mol. The number of rotatable bonds is 11. The molecule has 0 saturated carbocycles. The van der Waals surface area contributed by atoms with E-state index < -0.39 is 0 Å². The van der Waals surface area contributed by atoms with Crippen molar-refractivity contribution in [2.75, 3.05) is 40.3 Å². The zero-order valence-electron chi connectivity index (χ0n) is 16.9. The summed E-state index contributed by atoms with van der Waals surface area (Å²) in [5, 5.41) is 16.1. The van der Waals surface area contributed by atoms with E-state index in [2.05, 4.69) is 36.3 Å². The molecule has 7 heteroatoms. The normalized spacial score (nSPS) is 13.4. The van der Waals surface area contributed by atoms with E-state index in [1.165, 1.54) is 0 Å². The van der Waals surface area contributed by atoms with Crippen LogP contribution in [0.3, 0.4) is 0 Å². The van der Waals surface area contributed by atoms with Gasteiger partial charge in [-0.3, -0.25) is 9.89 Å². The van der Waals surface area contributed by atoms with E-state index in [0.717, 1.165) is 37.5 Å². The summed E-state index contributed by atoms with van der Waals surface area (Å²) in [7, 11) is 4.08. The Balaban J connectivity index is 0.00000625. The van der Waals surface area contributed by atoms with Crippen LogP contribution in [0.1, 0.15) is 51.8 Å². The lowest BCUT2D eigenvalue weighted by atomic mass is 9.79. The molecule has 1 unspecified atom stereocenters. The second-order valence-electron chi connectivity index (χ2n) is 6.75. The molecule has 0 amide bonds. The molecule has 3 N–H and O–H groups in total. The Morgan fingerprint density at radius 3 is 2.42 bits per heavy atom. The van der Waals surface area contributed by atoms with Gasteiger partial charge in [-0.05, 0) is 57.8 Å². The van der Waals surface area contributed by atoms with Crippen LogP contribution in [0.5, 0.6) is 0 Å². The summed E-state index contributed by atoms with van der Waals surface area (Å²) in [4.78, 5) is 6.92. The molecule has 0 radical (unpaired) electrons. The maximum Gasteiger partial charge on any atom is 0.191 e. The molecule has 1 aromatic rings. The van der Waals surface area contributed by atoms with Gasteiger partial charge >= 0.3 is 0 Å². The number of hydrogen-bond acceptors (Lipinski definition) is 4. The third kappa shape index (κ3) is 7.84. The van der Waals surface area contributed by atoms with E-state index in [4.69, 9.17) is 9.41 Å². The number of nitrogens with zero attached hydrogens (tertiary/aromatic N) is 2. The number of halogens is 1. The number of hydrogen-bond donors (Lipinski definition) is 3. The topological polar surface area (TPSA) is 73.0 Å². The molecule has 6 nitrogen and oxygen atoms in total. The van der Waals surface area contributed by atoms with Gasteiger partial charge in [0.15, 0.2) is 5.96 Å². The molecule has 0 bridgehead atoms. The minimum Gasteiger partial charge on any atom is -0.468 e. The number of furan rings is 1. The fourth-order valence-electron chi connectivity index (χ4n) is 2.94. The average Bonchev–Trinajstić information content (AvgIpc) is 3.12. The van der Waals surface area contributed by atoms with Crippen molar-refractivity contribution in [3.63, 3.8) is 0 Å². The van der Waals surface area contributed by atoms with Crippen molar-refractivity contribution < 1.29 is 9.52 Å². The molecule has 1 aromatic heterocycles. The summed E-state index contributed by atoms with van der Waals surface area (Å²) < 4.78 is 5.56. The van der Waals surface area contributed by atoms with Crippen LogP contribution < -0.4 is 10.6 Å². The lowest BCUT2D eigenvalue weighted by Crippen LogP contribution is -2.42. The lowest BCUT2D eigenvalue weighted by Gasteiger charge is -2.30. The van der Waals surface area contributed by atoms with E-state index in [1.54, 1.807) is 6.26 Å². The van der Waals surface area contributed by atoms with Crippen molar-refractivity contribution in [3.8, 4) is 0 Å². The van der Waals surface area contributed by atoms with E-state index in [0.29, 0.717) is 13.1 Å². The van der Waals surface area contributed by atoms with E-state index >= 15 is 0 Å². The highest BCUT2D eigenvalue weighted by Crippen LogP contribution is 2.30. The highest BCUT2D eigenvalue weighted by atomic mass is 127. The summed E-state index contributed by atoms with van der Waals surface area (Å²) in [6, 6.07) is 4.05. The zero-order valence-corrected chi connectivity index (χ0v) is 19.2. The fourth-order valence-corrected chi connectivity index (χ4v) is 2.94. The van der Waals surface area contributed by atoms with E-state index in [1.807, 2.05) is 26.2 Å². The summed E-state index contributed by atoms with van der Waals surface area (Å²) in [5.74, 6) is 1.75. The monoisotopic (exact) mass is 480 g/mol. The molecule has 1 heterocycles. The van der Waals surface area contributed by atoms with Crippen molar-refractivity contribution in [2.45, 2.75) is 46.1 Å². The standard InChI is InChI=1S/C19H36N4O2.HI/c1-6-19(7-2,11-12-24)15-22-18(20-8-3)21-14-16(23(4)5)17-10-9-13-25-17;/h9-10,13,16,24H,6-8,11-12,14-15H2,1-5H3,(H2,20,21,22);1H. The molecule has 0 aromatic carbocycles.